The van der Waals surface area contributed by atoms with E-state index >= 15 is 0 Å². The third-order valence-electron chi connectivity index (χ3n) is 12.6. The van der Waals surface area contributed by atoms with Gasteiger partial charge in [-0.25, -0.2) is 0 Å². The summed E-state index contributed by atoms with van der Waals surface area (Å²) in [4.78, 5) is 4.42. The number of fused-ring (bicyclic) bond motifs is 12. The van der Waals surface area contributed by atoms with Crippen LogP contribution in [0.5, 0.6) is 0 Å². The second-order valence-electron chi connectivity index (χ2n) is 15.7. The highest BCUT2D eigenvalue weighted by Crippen LogP contribution is 2.65. The molecule has 290 valence electrons. The van der Waals surface area contributed by atoms with Gasteiger partial charge in [0.25, 0.3) is 0 Å². The van der Waals surface area contributed by atoms with Crippen LogP contribution in [0.4, 0.5) is 34.1 Å². The maximum Gasteiger partial charge on any atom is 0.0991 e. The van der Waals surface area contributed by atoms with Crippen molar-refractivity contribution in [2.24, 2.45) is 0 Å². The summed E-state index contributed by atoms with van der Waals surface area (Å²) in [6.45, 7) is 0. The van der Waals surface area contributed by atoms with Gasteiger partial charge >= 0.3 is 0 Å². The van der Waals surface area contributed by atoms with Gasteiger partial charge in [-0.15, -0.1) is 0 Å². The molecule has 2 aliphatic rings. The van der Waals surface area contributed by atoms with Crippen LogP contribution >= 0.6 is 0 Å². The van der Waals surface area contributed by atoms with Gasteiger partial charge in [0.05, 0.1) is 57.6 Å². The monoisotopic (exact) mass is 800 g/mol. The molecule has 0 N–H and O–H groups in total. The molecule has 2 aliphatic carbocycles. The molecule has 9 aromatic rings. The van der Waals surface area contributed by atoms with E-state index in [4.69, 9.17) is 0 Å². The standard InChI is InChI=1S/C57H32N6/c58-33-37-13-21-41(22-14-37)62(42-23-15-38(34-59)16-24-42)45-29-30-50-53(31-45)57(51-11-5-3-7-46(51)47-8-4-6-12-52(47)57)54-32-55(48-9-1-2-10-49(48)56(50)54)63(43-25-17-39(35-60)18-26-43)44-27-19-40(36-61)20-28-44/h1-32H. The van der Waals surface area contributed by atoms with E-state index in [1.54, 1.807) is 0 Å². The molecule has 0 heterocycles. The molecule has 0 saturated carbocycles. The van der Waals surface area contributed by atoms with Gasteiger partial charge in [0.2, 0.25) is 0 Å². The highest BCUT2D eigenvalue weighted by molar-refractivity contribution is 6.12. The van der Waals surface area contributed by atoms with Gasteiger partial charge in [-0.2, -0.15) is 21.0 Å². The van der Waals surface area contributed by atoms with Crippen molar-refractivity contribution in [2.45, 2.75) is 5.41 Å². The van der Waals surface area contributed by atoms with E-state index < -0.39 is 5.41 Å². The minimum Gasteiger partial charge on any atom is -0.310 e. The largest absolute Gasteiger partial charge is 0.310 e. The number of nitrogens with zero attached hydrogens (tertiary/aromatic N) is 6. The van der Waals surface area contributed by atoms with E-state index in [0.717, 1.165) is 67.2 Å². The van der Waals surface area contributed by atoms with Crippen molar-refractivity contribution < 1.29 is 0 Å². The molecule has 0 aromatic heterocycles. The van der Waals surface area contributed by atoms with Crippen molar-refractivity contribution in [3.63, 3.8) is 0 Å². The van der Waals surface area contributed by atoms with Gasteiger partial charge in [0, 0.05) is 33.8 Å². The Hall–Kier alpha value is -9.20. The number of hydrogen-bond donors (Lipinski definition) is 0. The number of nitriles is 4. The maximum atomic E-state index is 9.78. The molecule has 9 aromatic carbocycles. The molecule has 1 spiro atoms. The quantitative estimate of drug-likeness (QED) is 0.166. The molecule has 63 heavy (non-hydrogen) atoms. The molecule has 0 amide bonds. The van der Waals surface area contributed by atoms with Gasteiger partial charge in [-0.3, -0.25) is 0 Å². The summed E-state index contributed by atoms with van der Waals surface area (Å²) < 4.78 is 0. The highest BCUT2D eigenvalue weighted by atomic mass is 15.1. The average molecular weight is 801 g/mol. The fourth-order valence-corrected chi connectivity index (χ4v) is 9.90. The van der Waals surface area contributed by atoms with Crippen molar-refractivity contribution in [3.05, 3.63) is 239 Å². The lowest BCUT2D eigenvalue weighted by Gasteiger charge is -2.34. The normalized spacial score (nSPS) is 12.2. The zero-order valence-corrected chi connectivity index (χ0v) is 33.7. The molecule has 6 nitrogen and oxygen atoms in total. The van der Waals surface area contributed by atoms with Crippen LogP contribution in [0.1, 0.15) is 44.5 Å². The Morgan fingerprint density at radius 2 is 0.714 bits per heavy atom. The molecule has 0 saturated heterocycles. The topological polar surface area (TPSA) is 102 Å². The van der Waals surface area contributed by atoms with Gasteiger partial charge in [-0.05, 0) is 165 Å². The minimum absolute atomic E-state index is 0.567. The summed E-state index contributed by atoms with van der Waals surface area (Å²) in [5.41, 5.74) is 16.3. The summed E-state index contributed by atoms with van der Waals surface area (Å²) in [6, 6.07) is 74.8. The van der Waals surface area contributed by atoms with Gasteiger partial charge < -0.3 is 9.80 Å². The Labute approximate surface area is 364 Å². The van der Waals surface area contributed by atoms with Crippen molar-refractivity contribution >= 4 is 44.9 Å². The average Bonchev–Trinajstić information content (AvgIpc) is 3.82. The van der Waals surface area contributed by atoms with Crippen LogP contribution in [0.2, 0.25) is 0 Å². The molecular weight excluding hydrogens is 769 g/mol. The van der Waals surface area contributed by atoms with E-state index in [2.05, 4.69) is 131 Å². The molecule has 0 radical (unpaired) electrons. The lowest BCUT2D eigenvalue weighted by molar-refractivity contribution is 0.794. The van der Waals surface area contributed by atoms with Crippen LogP contribution in [0.15, 0.2) is 194 Å². The first-order valence-electron chi connectivity index (χ1n) is 20.6. The molecule has 0 atom stereocenters. The van der Waals surface area contributed by atoms with E-state index in [1.807, 2.05) is 97.1 Å². The number of hydrogen-bond acceptors (Lipinski definition) is 6. The van der Waals surface area contributed by atoms with Crippen LogP contribution in [-0.2, 0) is 5.41 Å². The van der Waals surface area contributed by atoms with E-state index in [9.17, 15) is 21.0 Å². The Morgan fingerprint density at radius 1 is 0.317 bits per heavy atom. The second-order valence-corrected chi connectivity index (χ2v) is 15.7. The first-order valence-corrected chi connectivity index (χ1v) is 20.6. The number of benzene rings is 9. The lowest BCUT2D eigenvalue weighted by atomic mass is 9.70. The first-order chi connectivity index (χ1) is 31.0. The third-order valence-corrected chi connectivity index (χ3v) is 12.6. The molecule has 6 heteroatoms. The van der Waals surface area contributed by atoms with E-state index in [1.165, 1.54) is 22.3 Å². The fraction of sp³-hybridized carbons (Fsp3) is 0.0175. The Bertz CT molecular complexity index is 3330. The van der Waals surface area contributed by atoms with Gasteiger partial charge in [-0.1, -0.05) is 78.9 Å². The van der Waals surface area contributed by atoms with Crippen LogP contribution in [-0.4, -0.2) is 0 Å². The molecular formula is C57H32N6. The second kappa shape index (κ2) is 14.5. The zero-order chi connectivity index (χ0) is 42.7. The summed E-state index contributed by atoms with van der Waals surface area (Å²) in [7, 11) is 0. The van der Waals surface area contributed by atoms with E-state index in [-0.39, 0.29) is 0 Å². The summed E-state index contributed by atoms with van der Waals surface area (Å²) in [5.74, 6) is 0. The van der Waals surface area contributed by atoms with Crippen LogP contribution < -0.4 is 9.80 Å². The Morgan fingerprint density at radius 3 is 1.17 bits per heavy atom. The molecule has 0 fully saturated rings. The molecule has 0 aliphatic heterocycles. The summed E-state index contributed by atoms with van der Waals surface area (Å²) in [6.07, 6.45) is 0. The summed E-state index contributed by atoms with van der Waals surface area (Å²) >= 11 is 0. The minimum atomic E-state index is -0.741. The van der Waals surface area contributed by atoms with Crippen molar-refractivity contribution in [3.8, 4) is 46.5 Å². The first kappa shape index (κ1) is 36.8. The smallest absolute Gasteiger partial charge is 0.0991 e. The predicted molar refractivity (Wildman–Crippen MR) is 248 cm³/mol. The third kappa shape index (κ3) is 5.54. The van der Waals surface area contributed by atoms with Crippen molar-refractivity contribution in [1.82, 2.24) is 0 Å². The molecule has 0 unspecified atom stereocenters. The molecule has 0 bridgehead atoms. The van der Waals surface area contributed by atoms with Crippen LogP contribution in [0.25, 0.3) is 33.0 Å². The Balaban J connectivity index is 1.24. The maximum absolute atomic E-state index is 9.78. The SMILES string of the molecule is N#Cc1ccc(N(c2ccc(C#N)cc2)c2ccc3c(c2)C2(c4ccccc4-c4ccccc42)c2cc(N(c4ccc(C#N)cc4)c4ccc(C#N)cc4)c4ccccc4c2-3)cc1. The Kier molecular flexibility index (Phi) is 8.49. The van der Waals surface area contributed by atoms with Gasteiger partial charge in [0.1, 0.15) is 0 Å². The predicted octanol–water partition coefficient (Wildman–Crippen LogP) is 13.6. The zero-order valence-electron chi connectivity index (χ0n) is 33.7. The van der Waals surface area contributed by atoms with Crippen molar-refractivity contribution in [1.29, 1.82) is 21.0 Å². The highest BCUT2D eigenvalue weighted by Gasteiger charge is 2.52. The fourth-order valence-electron chi connectivity index (χ4n) is 9.90. The number of anilines is 6. The van der Waals surface area contributed by atoms with Crippen LogP contribution in [0, 0.1) is 45.3 Å². The van der Waals surface area contributed by atoms with Crippen molar-refractivity contribution in [2.75, 3.05) is 9.80 Å². The lowest BCUT2D eigenvalue weighted by Crippen LogP contribution is -2.26. The van der Waals surface area contributed by atoms with Crippen LogP contribution in [0.3, 0.4) is 0 Å². The number of rotatable bonds is 6. The van der Waals surface area contributed by atoms with E-state index in [0.29, 0.717) is 22.3 Å². The summed E-state index contributed by atoms with van der Waals surface area (Å²) in [5, 5.41) is 41.1. The van der Waals surface area contributed by atoms with Gasteiger partial charge in [0.15, 0.2) is 0 Å². The molecule has 11 rings (SSSR count).